The van der Waals surface area contributed by atoms with Gasteiger partial charge in [0, 0.05) is 59.9 Å². The summed E-state index contributed by atoms with van der Waals surface area (Å²) >= 11 is 0. The molecule has 6 atom stereocenters. The lowest BCUT2D eigenvalue weighted by molar-refractivity contribution is 0.181. The zero-order valence-corrected chi connectivity index (χ0v) is 60.3. The van der Waals surface area contributed by atoms with Crippen LogP contribution in [0.25, 0.3) is 21.8 Å². The van der Waals surface area contributed by atoms with Gasteiger partial charge in [-0.05, 0) is 185 Å². The average Bonchev–Trinajstić information content (AvgIpc) is 1.41. The van der Waals surface area contributed by atoms with Crippen molar-refractivity contribution in [2.45, 2.75) is 207 Å². The number of nitrogens with one attached hydrogen (secondary N) is 2. The Bertz CT molecular complexity index is 4410. The summed E-state index contributed by atoms with van der Waals surface area (Å²) in [6.45, 7) is 30.8. The highest BCUT2D eigenvalue weighted by Gasteiger charge is 2.40. The summed E-state index contributed by atoms with van der Waals surface area (Å²) in [5.41, 5.74) is 46.2. The van der Waals surface area contributed by atoms with Crippen LogP contribution in [-0.2, 0) is 13.1 Å². The molecule has 10 N–H and O–H groups in total. The van der Waals surface area contributed by atoms with Gasteiger partial charge in [-0.3, -0.25) is 9.98 Å². The summed E-state index contributed by atoms with van der Waals surface area (Å²) in [6, 6.07) is 42.6. The van der Waals surface area contributed by atoms with Gasteiger partial charge in [-0.15, -0.1) is 0 Å². The largest absolute Gasteiger partial charge is 0.387 e. The Morgan fingerprint density at radius 1 is 0.424 bits per heavy atom. The van der Waals surface area contributed by atoms with E-state index in [0.717, 1.165) is 99.6 Å². The Kier molecular flexibility index (Phi) is 19.7. The number of aromatic nitrogens is 3. The van der Waals surface area contributed by atoms with Gasteiger partial charge in [-0.2, -0.15) is 10.2 Å². The minimum atomic E-state index is 0.346. The van der Waals surface area contributed by atoms with Crippen molar-refractivity contribution >= 4 is 79.7 Å². The van der Waals surface area contributed by atoms with Crippen LogP contribution in [0, 0.1) is 17.2 Å². The summed E-state index contributed by atoms with van der Waals surface area (Å²) in [4.78, 5) is 31.6. The highest BCUT2D eigenvalue weighted by molar-refractivity contribution is 5.92. The first-order chi connectivity index (χ1) is 47.6. The van der Waals surface area contributed by atoms with Crippen molar-refractivity contribution < 1.29 is 0 Å². The van der Waals surface area contributed by atoms with Crippen molar-refractivity contribution in [3.05, 3.63) is 182 Å². The summed E-state index contributed by atoms with van der Waals surface area (Å²) in [5, 5.41) is 21.6. The molecule has 2 saturated heterocycles. The van der Waals surface area contributed by atoms with E-state index in [1.54, 1.807) is 0 Å². The van der Waals surface area contributed by atoms with E-state index in [1.807, 2.05) is 4.57 Å². The van der Waals surface area contributed by atoms with Crippen LogP contribution < -0.4 is 33.9 Å². The fourth-order valence-corrected chi connectivity index (χ4v) is 15.6. The first-order valence-electron chi connectivity index (χ1n) is 36.7. The summed E-state index contributed by atoms with van der Waals surface area (Å²) < 4.78 is 1.93. The number of nitrogens with two attached hydrogens (primary N) is 4. The van der Waals surface area contributed by atoms with Gasteiger partial charge in [0.05, 0.1) is 51.6 Å². The number of azo groups is 1. The lowest BCUT2D eigenvalue weighted by Gasteiger charge is -2.45. The van der Waals surface area contributed by atoms with Crippen molar-refractivity contribution in [1.29, 1.82) is 5.41 Å². The van der Waals surface area contributed by atoms with E-state index in [9.17, 15) is 0 Å². The molecule has 10 aliphatic rings. The van der Waals surface area contributed by atoms with Gasteiger partial charge in [0.1, 0.15) is 29.7 Å². The normalized spacial score (nSPS) is 21.0. The van der Waals surface area contributed by atoms with Crippen LogP contribution in [0.1, 0.15) is 255 Å². The average molecular weight is 1330 g/mol. The first-order valence-corrected chi connectivity index (χ1v) is 36.7. The molecule has 18 rings (SSSR count). The Hall–Kier alpha value is -9.25. The van der Waals surface area contributed by atoms with E-state index in [4.69, 9.17) is 28.3 Å². The number of guanidine groups is 2. The second-order valence-corrected chi connectivity index (χ2v) is 30.4. The molecule has 17 nitrogen and oxygen atoms in total. The van der Waals surface area contributed by atoms with E-state index in [2.05, 4.69) is 254 Å². The Labute approximate surface area is 585 Å². The molecule has 10 heterocycles. The topological polar surface area (TPSA) is 251 Å². The molecule has 516 valence electrons. The number of amidine groups is 2. The van der Waals surface area contributed by atoms with Gasteiger partial charge < -0.3 is 38.1 Å². The molecule has 0 amide bonds. The van der Waals surface area contributed by atoms with Crippen LogP contribution in [-0.4, -0.2) is 67.6 Å². The lowest BCUT2D eigenvalue weighted by atomic mass is 9.67. The number of aliphatic imine (C=N–C) groups is 4. The number of rotatable bonds is 6. The standard InChI is InChI=1S/C15H20N2.C14H19N3.C14H18N2.C13H16N4.C13H13N3.C13H17N3/c1-9(2)10-6-7-12-11-4-3-5-13(11)15(16)17-14(12)8-10;1-9(2)10-5-6-11-12(8-10)16-14(15)17-7-3-4-13(11)17;1-8(2)9-3-4-11-10-5-6-12(10)14(15)16-13(11)7-9;1-8(2)9-3-4-10-11(7-9)16-13(14)17-6-5-15-12(10)17;1-8(2)9-3-4-10-6-12-13(7-14-16-12)15-11(10)5-9;1-8(2)9-3-4-10-11(7-9)15-13(14)16-6-5-12(10)16/h6-9,11,13H,3-5H2,1-2H3,(H2,16,17);5-6,8-9,13H,3-4,7H2,1-2H3,(H2,15,16);3-4,7-8,10,12H,5-6H2,1-2H3,(H2,15,16);3-4,7-8,14-15H,5-6H2,1-2H3;3-6,8H,7H2,1-2H3;3-4,7-8,12H,5-6H2,1-2H3,(H2,14,15). The summed E-state index contributed by atoms with van der Waals surface area (Å²) in [5.74, 6) is 9.66. The van der Waals surface area contributed by atoms with Crippen LogP contribution in [0.2, 0.25) is 0 Å². The maximum absolute atomic E-state index is 7.92. The van der Waals surface area contributed by atoms with Crippen LogP contribution in [0.4, 0.5) is 34.3 Å². The number of hydrogen-bond donors (Lipinski definition) is 6. The van der Waals surface area contributed by atoms with E-state index in [-0.39, 0.29) is 0 Å². The fourth-order valence-electron chi connectivity index (χ4n) is 15.6. The molecular weight excluding hydrogens is 1220 g/mol. The number of nitrogens with zero attached hydrogens (tertiary/aromatic N) is 11. The van der Waals surface area contributed by atoms with E-state index < -0.39 is 0 Å². The second-order valence-electron chi connectivity index (χ2n) is 30.4. The first kappa shape index (κ1) is 68.3. The maximum atomic E-state index is 7.92. The van der Waals surface area contributed by atoms with E-state index in [0.29, 0.717) is 95.3 Å². The van der Waals surface area contributed by atoms with Crippen molar-refractivity contribution in [3.63, 3.8) is 0 Å². The number of fused-ring (bicyclic) bond motifs is 17. The molecule has 6 aromatic carbocycles. The fraction of sp³-hybridized carbons (Fsp3) is 0.451. The van der Waals surface area contributed by atoms with Crippen molar-refractivity contribution in [2.75, 3.05) is 25.0 Å². The monoisotopic (exact) mass is 1330 g/mol. The van der Waals surface area contributed by atoms with Gasteiger partial charge >= 0.3 is 0 Å². The Morgan fingerprint density at radius 2 is 0.879 bits per heavy atom. The molecule has 2 saturated carbocycles. The van der Waals surface area contributed by atoms with Gasteiger partial charge in [-0.1, -0.05) is 156 Å². The highest BCUT2D eigenvalue weighted by Crippen LogP contribution is 2.51. The van der Waals surface area contributed by atoms with Gasteiger partial charge in [0.25, 0.3) is 0 Å². The zero-order valence-electron chi connectivity index (χ0n) is 60.3. The molecule has 0 spiro atoms. The number of pyridine rings is 1. The molecule has 2 aliphatic carbocycles. The molecular formula is C82H103N17. The predicted molar refractivity (Wildman–Crippen MR) is 408 cm³/mol. The molecule has 0 radical (unpaired) electrons. The molecule has 17 heteroatoms. The molecule has 4 fully saturated rings. The van der Waals surface area contributed by atoms with Gasteiger partial charge in [0.15, 0.2) is 11.9 Å². The van der Waals surface area contributed by atoms with Crippen LogP contribution in [0.5, 0.6) is 0 Å². The molecule has 8 aromatic rings. The van der Waals surface area contributed by atoms with E-state index in [1.165, 1.54) is 107 Å². The molecule has 6 unspecified atom stereocenters. The maximum Gasteiger partial charge on any atom is 0.224 e. The number of anilines is 1. The van der Waals surface area contributed by atoms with Gasteiger partial charge in [-0.25, -0.2) is 29.9 Å². The predicted octanol–water partition coefficient (Wildman–Crippen LogP) is 18.4. The highest BCUT2D eigenvalue weighted by atomic mass is 15.3. The third kappa shape index (κ3) is 14.0. The molecule has 99 heavy (non-hydrogen) atoms. The quantitative estimate of drug-likeness (QED) is 0.0925. The van der Waals surface area contributed by atoms with Gasteiger partial charge in [0.2, 0.25) is 5.62 Å². The number of hydrogen-bond acceptors (Lipinski definition) is 16. The number of benzene rings is 6. The third-order valence-corrected chi connectivity index (χ3v) is 22.1. The molecule has 0 bridgehead atoms. The second kappa shape index (κ2) is 28.5. The SMILES string of the molecule is CC(C)c1ccc2c(c1)N=C(N)C1CCC21.CC(C)c1ccc2c(c1)N=C(N)C1CCCC21.CC(C)c1ccc2c(c1)N=C(N)N1CCC21.CC(C)c1ccc2c(c1)N=C(N)N1CCCC21.CC(C)c1ccc2c3n(c(=N)nc2c1)CCN3.CC(C)c1ccc2cc3c(nc2c1)CN=N3. The zero-order chi connectivity index (χ0) is 69.7. The summed E-state index contributed by atoms with van der Waals surface area (Å²) in [7, 11) is 0. The van der Waals surface area contributed by atoms with Crippen molar-refractivity contribution in [1.82, 2.24) is 24.3 Å². The smallest absolute Gasteiger partial charge is 0.224 e. The lowest BCUT2D eigenvalue weighted by Crippen LogP contribution is -2.50. The minimum absolute atomic E-state index is 0.346. The van der Waals surface area contributed by atoms with Crippen molar-refractivity contribution in [3.8, 4) is 0 Å². The van der Waals surface area contributed by atoms with Crippen LogP contribution in [0.15, 0.2) is 145 Å². The Balaban J connectivity index is 0.000000107. The van der Waals surface area contributed by atoms with Crippen LogP contribution in [0.3, 0.4) is 0 Å². The third-order valence-electron chi connectivity index (χ3n) is 22.1. The minimum Gasteiger partial charge on any atom is -0.387 e. The molecule has 2 aromatic heterocycles. The molecule has 8 aliphatic heterocycles. The van der Waals surface area contributed by atoms with E-state index >= 15 is 0 Å². The Morgan fingerprint density at radius 3 is 1.40 bits per heavy atom. The summed E-state index contributed by atoms with van der Waals surface area (Å²) in [6.07, 6.45) is 9.87. The van der Waals surface area contributed by atoms with Crippen molar-refractivity contribution in [2.24, 2.45) is 65.0 Å². The van der Waals surface area contributed by atoms with Crippen LogP contribution >= 0.6 is 0 Å².